The summed E-state index contributed by atoms with van der Waals surface area (Å²) in [5.74, 6) is -0.525. The van der Waals surface area contributed by atoms with Crippen LogP contribution in [0.1, 0.15) is 5.69 Å². The number of benzene rings is 2. The molecule has 1 saturated heterocycles. The van der Waals surface area contributed by atoms with Crippen LogP contribution in [0.5, 0.6) is 0 Å². The Morgan fingerprint density at radius 2 is 1.69 bits per heavy atom. The van der Waals surface area contributed by atoms with Gasteiger partial charge in [0.05, 0.1) is 23.0 Å². The topological polar surface area (TPSA) is 98.4 Å². The van der Waals surface area contributed by atoms with Gasteiger partial charge in [0.25, 0.3) is 0 Å². The molecular formula is C21H19F3N4O3S. The summed E-state index contributed by atoms with van der Waals surface area (Å²) >= 11 is 0. The summed E-state index contributed by atoms with van der Waals surface area (Å²) < 4.78 is 72.9. The van der Waals surface area contributed by atoms with Crippen molar-refractivity contribution in [2.75, 3.05) is 36.9 Å². The quantitative estimate of drug-likeness (QED) is 0.632. The van der Waals surface area contributed by atoms with Crippen molar-refractivity contribution in [2.45, 2.75) is 16.0 Å². The molecule has 0 radical (unpaired) electrons. The minimum Gasteiger partial charge on any atom is -0.378 e. The van der Waals surface area contributed by atoms with E-state index in [9.17, 15) is 21.6 Å². The first-order valence-electron chi connectivity index (χ1n) is 9.64. The maximum absolute atomic E-state index is 13.7. The van der Waals surface area contributed by atoms with Crippen LogP contribution in [0.15, 0.2) is 64.5 Å². The number of ether oxygens (including phenoxy) is 1. The zero-order valence-corrected chi connectivity index (χ0v) is 17.5. The minimum absolute atomic E-state index is 0.0239. The molecule has 1 aliphatic rings. The summed E-state index contributed by atoms with van der Waals surface area (Å²) in [5.41, 5.74) is 4.29. The van der Waals surface area contributed by atoms with Crippen molar-refractivity contribution in [1.82, 2.24) is 9.97 Å². The molecule has 0 spiro atoms. The fourth-order valence-electron chi connectivity index (χ4n) is 3.46. The molecule has 0 aliphatic carbocycles. The highest BCUT2D eigenvalue weighted by Gasteiger charge is 2.37. The first-order chi connectivity index (χ1) is 15.2. The van der Waals surface area contributed by atoms with E-state index in [1.165, 1.54) is 30.3 Å². The molecule has 0 unspecified atom stereocenters. The van der Waals surface area contributed by atoms with Gasteiger partial charge >= 0.3 is 6.18 Å². The highest BCUT2D eigenvalue weighted by molar-refractivity contribution is 7.91. The molecule has 1 aliphatic heterocycles. The molecule has 168 valence electrons. The Hall–Kier alpha value is -3.18. The summed E-state index contributed by atoms with van der Waals surface area (Å²) in [4.78, 5) is 8.85. The van der Waals surface area contributed by atoms with Crippen molar-refractivity contribution in [3.63, 3.8) is 0 Å². The van der Waals surface area contributed by atoms with Gasteiger partial charge in [0, 0.05) is 30.5 Å². The van der Waals surface area contributed by atoms with E-state index in [2.05, 4.69) is 9.97 Å². The van der Waals surface area contributed by atoms with E-state index in [4.69, 9.17) is 10.5 Å². The average molecular weight is 464 g/mol. The Morgan fingerprint density at radius 3 is 2.34 bits per heavy atom. The first-order valence-corrected chi connectivity index (χ1v) is 11.1. The molecule has 0 atom stereocenters. The van der Waals surface area contributed by atoms with Crippen LogP contribution in [0.4, 0.5) is 24.8 Å². The minimum atomic E-state index is -4.81. The van der Waals surface area contributed by atoms with Gasteiger partial charge in [0.15, 0.2) is 5.69 Å². The van der Waals surface area contributed by atoms with Gasteiger partial charge in [-0.3, -0.25) is 0 Å². The normalized spacial score (nSPS) is 15.0. The number of hydrogen-bond acceptors (Lipinski definition) is 7. The Kier molecular flexibility index (Phi) is 5.78. The fraction of sp³-hybridized carbons (Fsp3) is 0.238. The van der Waals surface area contributed by atoms with Crippen molar-refractivity contribution < 1.29 is 26.3 Å². The fourth-order valence-corrected chi connectivity index (χ4v) is 4.80. The van der Waals surface area contributed by atoms with E-state index in [0.29, 0.717) is 32.0 Å². The summed E-state index contributed by atoms with van der Waals surface area (Å²) in [6.45, 7) is 1.78. The van der Waals surface area contributed by atoms with E-state index in [-0.39, 0.29) is 20.9 Å². The van der Waals surface area contributed by atoms with E-state index in [0.717, 1.165) is 6.20 Å². The van der Waals surface area contributed by atoms with Gasteiger partial charge in [0.1, 0.15) is 0 Å². The number of nitrogen functional groups attached to an aromatic ring is 1. The standard InChI is InChI=1S/C21H19F3N4O3S/c22-21(23,24)19-18(13-26-20(25)27-19)14-10-15(28-6-8-31-9-7-28)12-17(11-14)32(29,30)16-4-2-1-3-5-16/h1-5,10-13H,6-9H2,(H2,25,26,27). The Balaban J connectivity index is 1.94. The lowest BCUT2D eigenvalue weighted by molar-refractivity contribution is -0.140. The molecule has 32 heavy (non-hydrogen) atoms. The Morgan fingerprint density at radius 1 is 1.00 bits per heavy atom. The predicted molar refractivity (Wildman–Crippen MR) is 112 cm³/mol. The second-order valence-corrected chi connectivity index (χ2v) is 9.07. The number of alkyl halides is 3. The molecule has 0 amide bonds. The largest absolute Gasteiger partial charge is 0.434 e. The molecule has 1 aromatic heterocycles. The highest BCUT2D eigenvalue weighted by atomic mass is 32.2. The third kappa shape index (κ3) is 4.39. The molecule has 0 bridgehead atoms. The molecule has 0 saturated carbocycles. The van der Waals surface area contributed by atoms with Gasteiger partial charge in [-0.1, -0.05) is 18.2 Å². The Bertz CT molecular complexity index is 1230. The van der Waals surface area contributed by atoms with E-state index < -0.39 is 27.7 Å². The summed E-state index contributed by atoms with van der Waals surface area (Å²) in [6, 6.07) is 11.9. The lowest BCUT2D eigenvalue weighted by Crippen LogP contribution is -2.36. The molecule has 2 heterocycles. The highest BCUT2D eigenvalue weighted by Crippen LogP contribution is 2.38. The number of rotatable bonds is 4. The number of nitrogens with two attached hydrogens (primary N) is 1. The molecular weight excluding hydrogens is 445 g/mol. The number of hydrogen-bond donors (Lipinski definition) is 1. The lowest BCUT2D eigenvalue weighted by atomic mass is 10.0. The van der Waals surface area contributed by atoms with E-state index >= 15 is 0 Å². The van der Waals surface area contributed by atoms with Gasteiger partial charge in [-0.2, -0.15) is 13.2 Å². The third-order valence-corrected chi connectivity index (χ3v) is 6.77. The number of nitrogens with zero attached hydrogens (tertiary/aromatic N) is 3. The van der Waals surface area contributed by atoms with Crippen LogP contribution < -0.4 is 10.6 Å². The predicted octanol–water partition coefficient (Wildman–Crippen LogP) is 3.41. The van der Waals surface area contributed by atoms with Crippen LogP contribution in [0.2, 0.25) is 0 Å². The smallest absolute Gasteiger partial charge is 0.378 e. The van der Waals surface area contributed by atoms with E-state index in [1.54, 1.807) is 18.2 Å². The van der Waals surface area contributed by atoms with Crippen molar-refractivity contribution in [3.8, 4) is 11.1 Å². The third-order valence-electron chi connectivity index (χ3n) is 5.02. The van der Waals surface area contributed by atoms with Crippen molar-refractivity contribution in [3.05, 3.63) is 60.4 Å². The second-order valence-electron chi connectivity index (χ2n) is 7.12. The molecule has 11 heteroatoms. The summed E-state index contributed by atoms with van der Waals surface area (Å²) in [5, 5.41) is 0. The van der Waals surface area contributed by atoms with Gasteiger partial charge in [-0.25, -0.2) is 18.4 Å². The number of sulfone groups is 1. The number of halogens is 3. The van der Waals surface area contributed by atoms with Crippen LogP contribution in [0, 0.1) is 0 Å². The van der Waals surface area contributed by atoms with E-state index in [1.807, 2.05) is 4.90 Å². The van der Waals surface area contributed by atoms with Crippen LogP contribution in [0.25, 0.3) is 11.1 Å². The van der Waals surface area contributed by atoms with Crippen LogP contribution in [-0.2, 0) is 20.8 Å². The van der Waals surface area contributed by atoms with Gasteiger partial charge in [-0.15, -0.1) is 0 Å². The molecule has 1 fully saturated rings. The van der Waals surface area contributed by atoms with Gasteiger partial charge in [-0.05, 0) is 35.9 Å². The molecule has 3 aromatic rings. The van der Waals surface area contributed by atoms with Crippen LogP contribution in [0.3, 0.4) is 0 Å². The van der Waals surface area contributed by atoms with Crippen LogP contribution in [-0.4, -0.2) is 44.7 Å². The van der Waals surface area contributed by atoms with Crippen molar-refractivity contribution in [2.24, 2.45) is 0 Å². The zero-order chi connectivity index (χ0) is 22.9. The monoisotopic (exact) mass is 464 g/mol. The maximum atomic E-state index is 13.7. The summed E-state index contributed by atoms with van der Waals surface area (Å²) in [7, 11) is -3.99. The Labute approximate surface area is 182 Å². The SMILES string of the molecule is Nc1ncc(-c2cc(N3CCOCC3)cc(S(=O)(=O)c3ccccc3)c2)c(C(F)(F)F)n1. The molecule has 7 nitrogen and oxygen atoms in total. The lowest BCUT2D eigenvalue weighted by Gasteiger charge is -2.29. The van der Waals surface area contributed by atoms with Gasteiger partial charge in [0.2, 0.25) is 15.8 Å². The number of aromatic nitrogens is 2. The average Bonchev–Trinajstić information content (AvgIpc) is 2.79. The number of anilines is 2. The summed E-state index contributed by atoms with van der Waals surface area (Å²) in [6.07, 6.45) is -3.84. The molecule has 2 N–H and O–H groups in total. The second kappa shape index (κ2) is 8.40. The molecule has 2 aromatic carbocycles. The first kappa shape index (κ1) is 22.0. The van der Waals surface area contributed by atoms with Crippen molar-refractivity contribution >= 4 is 21.5 Å². The van der Waals surface area contributed by atoms with Crippen molar-refractivity contribution in [1.29, 1.82) is 0 Å². The zero-order valence-electron chi connectivity index (χ0n) is 16.7. The molecule has 4 rings (SSSR count). The van der Waals surface area contributed by atoms with Crippen LogP contribution >= 0.6 is 0 Å². The number of morpholine rings is 1. The maximum Gasteiger partial charge on any atom is 0.434 e. The van der Waals surface area contributed by atoms with Gasteiger partial charge < -0.3 is 15.4 Å².